The van der Waals surface area contributed by atoms with Crippen LogP contribution in [0.15, 0.2) is 48.5 Å². The molecule has 5 nitrogen and oxygen atoms in total. The number of hydrogen-bond acceptors (Lipinski definition) is 4. The molecule has 0 radical (unpaired) electrons. The van der Waals surface area contributed by atoms with Crippen LogP contribution in [-0.2, 0) is 9.53 Å². The van der Waals surface area contributed by atoms with E-state index in [-0.39, 0.29) is 0 Å². The van der Waals surface area contributed by atoms with E-state index in [2.05, 4.69) is 10.1 Å². The van der Waals surface area contributed by atoms with Gasteiger partial charge in [0.1, 0.15) is 11.6 Å². The predicted octanol–water partition coefficient (Wildman–Crippen LogP) is 3.02. The molecule has 0 spiro atoms. The molecule has 120 valence electrons. The van der Waals surface area contributed by atoms with Crippen LogP contribution in [0.3, 0.4) is 0 Å². The van der Waals surface area contributed by atoms with Crippen LogP contribution in [-0.4, -0.2) is 25.1 Å². The van der Waals surface area contributed by atoms with Crippen molar-refractivity contribution in [1.82, 2.24) is 0 Å². The number of anilines is 1. The zero-order chi connectivity index (χ0) is 16.8. The van der Waals surface area contributed by atoms with Gasteiger partial charge in [-0.3, -0.25) is 4.79 Å². The van der Waals surface area contributed by atoms with E-state index < -0.39 is 23.8 Å². The van der Waals surface area contributed by atoms with Gasteiger partial charge in [-0.2, -0.15) is 0 Å². The van der Waals surface area contributed by atoms with E-state index >= 15 is 0 Å². The minimum atomic E-state index is -0.828. The molecule has 1 N–H and O–H groups in total. The average molecular weight is 317 g/mol. The topological polar surface area (TPSA) is 64.6 Å². The van der Waals surface area contributed by atoms with Crippen molar-refractivity contribution in [2.24, 2.45) is 0 Å². The molecule has 0 bridgehead atoms. The minimum absolute atomic E-state index is 0.322. The van der Waals surface area contributed by atoms with E-state index in [1.165, 1.54) is 31.4 Å². The van der Waals surface area contributed by atoms with E-state index in [1.54, 1.807) is 31.2 Å². The lowest BCUT2D eigenvalue weighted by Crippen LogP contribution is -2.30. The lowest BCUT2D eigenvalue weighted by atomic mass is 10.2. The van der Waals surface area contributed by atoms with Gasteiger partial charge < -0.3 is 14.8 Å². The lowest BCUT2D eigenvalue weighted by molar-refractivity contribution is -0.122. The molecule has 0 aliphatic carbocycles. The van der Waals surface area contributed by atoms with Gasteiger partial charge in [-0.05, 0) is 43.3 Å². The number of amides is 1. The summed E-state index contributed by atoms with van der Waals surface area (Å²) in [4.78, 5) is 23.5. The van der Waals surface area contributed by atoms with E-state index in [9.17, 15) is 14.0 Å². The first-order valence-corrected chi connectivity index (χ1v) is 6.91. The largest absolute Gasteiger partial charge is 0.481 e. The predicted molar refractivity (Wildman–Crippen MR) is 82.9 cm³/mol. The van der Waals surface area contributed by atoms with Crippen molar-refractivity contribution in [2.75, 3.05) is 12.4 Å². The Kier molecular flexibility index (Phi) is 5.30. The van der Waals surface area contributed by atoms with Crippen molar-refractivity contribution in [1.29, 1.82) is 0 Å². The molecular weight excluding hydrogens is 301 g/mol. The Labute approximate surface area is 133 Å². The molecule has 0 aliphatic heterocycles. The Morgan fingerprint density at radius 3 is 2.57 bits per heavy atom. The monoisotopic (exact) mass is 317 g/mol. The van der Waals surface area contributed by atoms with Gasteiger partial charge in [0.15, 0.2) is 6.10 Å². The molecule has 0 saturated carbocycles. The first-order chi connectivity index (χ1) is 11.0. The molecule has 0 unspecified atom stereocenters. The summed E-state index contributed by atoms with van der Waals surface area (Å²) >= 11 is 0. The summed E-state index contributed by atoms with van der Waals surface area (Å²) in [5.41, 5.74) is 0.663. The maximum absolute atomic E-state index is 13.1. The maximum atomic E-state index is 13.1. The number of hydrogen-bond donors (Lipinski definition) is 1. The van der Waals surface area contributed by atoms with Gasteiger partial charge in [-0.1, -0.05) is 12.1 Å². The number of esters is 1. The molecule has 2 aromatic carbocycles. The first-order valence-electron chi connectivity index (χ1n) is 6.91. The second-order valence-corrected chi connectivity index (χ2v) is 4.78. The second kappa shape index (κ2) is 7.40. The van der Waals surface area contributed by atoms with Crippen LogP contribution < -0.4 is 10.1 Å². The molecule has 0 aliphatic rings. The third kappa shape index (κ3) is 4.54. The fraction of sp³-hybridized carbons (Fsp3) is 0.176. The third-order valence-electron chi connectivity index (χ3n) is 3.03. The number of carbonyl (C=O) groups is 2. The van der Waals surface area contributed by atoms with Crippen LogP contribution in [0.2, 0.25) is 0 Å². The van der Waals surface area contributed by atoms with Crippen molar-refractivity contribution in [3.05, 3.63) is 59.9 Å². The zero-order valence-electron chi connectivity index (χ0n) is 12.7. The van der Waals surface area contributed by atoms with Gasteiger partial charge in [0.05, 0.1) is 12.7 Å². The van der Waals surface area contributed by atoms with Gasteiger partial charge in [0.25, 0.3) is 5.91 Å². The van der Waals surface area contributed by atoms with E-state index in [4.69, 9.17) is 4.74 Å². The second-order valence-electron chi connectivity index (χ2n) is 4.78. The van der Waals surface area contributed by atoms with Gasteiger partial charge in [-0.15, -0.1) is 0 Å². The van der Waals surface area contributed by atoms with Crippen molar-refractivity contribution in [3.8, 4) is 5.75 Å². The average Bonchev–Trinajstić information content (AvgIpc) is 2.54. The summed E-state index contributed by atoms with van der Waals surface area (Å²) in [6.07, 6.45) is -0.828. The van der Waals surface area contributed by atoms with Gasteiger partial charge >= 0.3 is 5.97 Å². The molecule has 0 heterocycles. The normalized spacial score (nSPS) is 11.4. The summed E-state index contributed by atoms with van der Waals surface area (Å²) in [6.45, 7) is 1.56. The number of benzene rings is 2. The van der Waals surface area contributed by atoms with Crippen LogP contribution >= 0.6 is 0 Å². The standard InChI is InChI=1S/C17H16FNO4/c1-11(16(20)19-14-7-4-6-13(18)10-14)23-15-8-3-5-12(9-15)17(21)22-2/h3-11H,1-2H3,(H,19,20)/t11-/m0/s1. The Hall–Kier alpha value is -2.89. The smallest absolute Gasteiger partial charge is 0.337 e. The molecule has 23 heavy (non-hydrogen) atoms. The molecule has 1 amide bonds. The summed E-state index contributed by atoms with van der Waals surface area (Å²) in [6, 6.07) is 11.9. The fourth-order valence-corrected chi connectivity index (χ4v) is 1.88. The highest BCUT2D eigenvalue weighted by atomic mass is 19.1. The molecular formula is C17H16FNO4. The van der Waals surface area contributed by atoms with Crippen LogP contribution in [0.4, 0.5) is 10.1 Å². The SMILES string of the molecule is COC(=O)c1cccc(O[C@@H](C)C(=O)Nc2cccc(F)c2)c1. The maximum Gasteiger partial charge on any atom is 0.337 e. The van der Waals surface area contributed by atoms with Crippen LogP contribution in [0.5, 0.6) is 5.75 Å². The summed E-state index contributed by atoms with van der Waals surface area (Å²) in [7, 11) is 1.28. The van der Waals surface area contributed by atoms with Gasteiger partial charge in [0, 0.05) is 5.69 Å². The van der Waals surface area contributed by atoms with Crippen molar-refractivity contribution >= 4 is 17.6 Å². The summed E-state index contributed by atoms with van der Waals surface area (Å²) in [5.74, 6) is -1.01. The zero-order valence-corrected chi connectivity index (χ0v) is 12.7. The Morgan fingerprint density at radius 2 is 1.87 bits per heavy atom. The molecule has 0 aromatic heterocycles. The van der Waals surface area contributed by atoms with Crippen molar-refractivity contribution in [2.45, 2.75) is 13.0 Å². The molecule has 0 saturated heterocycles. The molecule has 0 fully saturated rings. The quantitative estimate of drug-likeness (QED) is 0.861. The van der Waals surface area contributed by atoms with Gasteiger partial charge in [0.2, 0.25) is 0 Å². The third-order valence-corrected chi connectivity index (χ3v) is 3.03. The highest BCUT2D eigenvalue weighted by Crippen LogP contribution is 2.17. The molecule has 2 aromatic rings. The molecule has 2 rings (SSSR count). The Bertz CT molecular complexity index is 717. The van der Waals surface area contributed by atoms with Crippen molar-refractivity contribution < 1.29 is 23.5 Å². The molecule has 6 heteroatoms. The van der Waals surface area contributed by atoms with E-state index in [1.807, 2.05) is 0 Å². The van der Waals surface area contributed by atoms with Gasteiger partial charge in [-0.25, -0.2) is 9.18 Å². The fourth-order valence-electron chi connectivity index (χ4n) is 1.88. The number of ether oxygens (including phenoxy) is 2. The number of nitrogens with one attached hydrogen (secondary N) is 1. The highest BCUT2D eigenvalue weighted by molar-refractivity contribution is 5.94. The lowest BCUT2D eigenvalue weighted by Gasteiger charge is -2.15. The summed E-state index contributed by atoms with van der Waals surface area (Å²) < 4.78 is 23.2. The minimum Gasteiger partial charge on any atom is -0.481 e. The molecule has 1 atom stereocenters. The van der Waals surface area contributed by atoms with E-state index in [0.29, 0.717) is 17.0 Å². The van der Waals surface area contributed by atoms with E-state index in [0.717, 1.165) is 0 Å². The number of methoxy groups -OCH3 is 1. The van der Waals surface area contributed by atoms with Crippen LogP contribution in [0.1, 0.15) is 17.3 Å². The number of rotatable bonds is 5. The van der Waals surface area contributed by atoms with Crippen LogP contribution in [0.25, 0.3) is 0 Å². The Morgan fingerprint density at radius 1 is 1.13 bits per heavy atom. The first kappa shape index (κ1) is 16.5. The Balaban J connectivity index is 2.02. The van der Waals surface area contributed by atoms with Crippen molar-refractivity contribution in [3.63, 3.8) is 0 Å². The number of carbonyl (C=O) groups excluding carboxylic acids is 2. The highest BCUT2D eigenvalue weighted by Gasteiger charge is 2.16. The van der Waals surface area contributed by atoms with Crippen LogP contribution in [0, 0.1) is 5.82 Å². The number of halogens is 1. The summed E-state index contributed by atoms with van der Waals surface area (Å²) in [5, 5.41) is 2.56.